The minimum absolute atomic E-state index is 0.163. The number of aromatic carboxylic acids is 1. The maximum atomic E-state index is 13.7. The Morgan fingerprint density at radius 1 is 1.37 bits per heavy atom. The van der Waals surface area contributed by atoms with Crippen molar-refractivity contribution in [2.24, 2.45) is 0 Å². The standard InChI is InChI=1S/C12H11F2N3O2/c1-6(2)11-15-10(12(18)19)16-17(11)9-5-7(13)3-4-8(9)14/h3-6H,1-2H3,(H,18,19). The molecule has 0 radical (unpaired) electrons. The monoisotopic (exact) mass is 267 g/mol. The van der Waals surface area contributed by atoms with Gasteiger partial charge in [-0.3, -0.25) is 0 Å². The van der Waals surface area contributed by atoms with Crippen LogP contribution in [0.15, 0.2) is 18.2 Å². The van der Waals surface area contributed by atoms with Crippen molar-refractivity contribution in [1.29, 1.82) is 0 Å². The Morgan fingerprint density at radius 2 is 2.05 bits per heavy atom. The molecule has 1 aromatic carbocycles. The molecule has 0 bridgehead atoms. The van der Waals surface area contributed by atoms with Gasteiger partial charge in [0.2, 0.25) is 0 Å². The van der Waals surface area contributed by atoms with Crippen molar-refractivity contribution in [2.45, 2.75) is 19.8 Å². The van der Waals surface area contributed by atoms with Gasteiger partial charge in [0.15, 0.2) is 0 Å². The van der Waals surface area contributed by atoms with Gasteiger partial charge in [-0.25, -0.2) is 23.2 Å². The maximum absolute atomic E-state index is 13.7. The molecule has 1 heterocycles. The largest absolute Gasteiger partial charge is 0.475 e. The molecule has 0 aliphatic heterocycles. The Hall–Kier alpha value is -2.31. The summed E-state index contributed by atoms with van der Waals surface area (Å²) in [6, 6.07) is 2.88. The Kier molecular flexibility index (Phi) is 3.28. The average Bonchev–Trinajstić information content (AvgIpc) is 2.77. The van der Waals surface area contributed by atoms with E-state index in [0.717, 1.165) is 22.9 Å². The molecule has 0 amide bonds. The zero-order valence-electron chi connectivity index (χ0n) is 10.3. The summed E-state index contributed by atoms with van der Waals surface area (Å²) in [5, 5.41) is 12.6. The highest BCUT2D eigenvalue weighted by Gasteiger charge is 2.20. The molecule has 1 aromatic heterocycles. The fraction of sp³-hybridized carbons (Fsp3) is 0.250. The summed E-state index contributed by atoms with van der Waals surface area (Å²) < 4.78 is 27.9. The van der Waals surface area contributed by atoms with Crippen LogP contribution in [0, 0.1) is 11.6 Å². The van der Waals surface area contributed by atoms with E-state index >= 15 is 0 Å². The van der Waals surface area contributed by atoms with Gasteiger partial charge >= 0.3 is 5.97 Å². The molecule has 100 valence electrons. The van der Waals surface area contributed by atoms with E-state index in [2.05, 4.69) is 10.1 Å². The first-order valence-electron chi connectivity index (χ1n) is 5.56. The van der Waals surface area contributed by atoms with E-state index in [9.17, 15) is 13.6 Å². The second kappa shape index (κ2) is 4.75. The number of halogens is 2. The van der Waals surface area contributed by atoms with Gasteiger partial charge in [-0.15, -0.1) is 5.10 Å². The normalized spacial score (nSPS) is 11.0. The number of carboxylic acid groups (broad SMARTS) is 1. The van der Waals surface area contributed by atoms with Crippen LogP contribution in [0.25, 0.3) is 5.69 Å². The summed E-state index contributed by atoms with van der Waals surface area (Å²) in [6.45, 7) is 3.51. The van der Waals surface area contributed by atoms with Gasteiger partial charge in [0.25, 0.3) is 5.82 Å². The molecule has 19 heavy (non-hydrogen) atoms. The highest BCUT2D eigenvalue weighted by atomic mass is 19.1. The molecule has 0 aliphatic rings. The van der Waals surface area contributed by atoms with Crippen molar-refractivity contribution >= 4 is 5.97 Å². The first-order chi connectivity index (χ1) is 8.90. The van der Waals surface area contributed by atoms with E-state index in [1.807, 2.05) is 0 Å². The molecule has 2 aromatic rings. The molecular weight excluding hydrogens is 256 g/mol. The predicted octanol–water partition coefficient (Wildman–Crippen LogP) is 2.37. The smallest absolute Gasteiger partial charge is 0.375 e. The summed E-state index contributed by atoms with van der Waals surface area (Å²) >= 11 is 0. The zero-order valence-corrected chi connectivity index (χ0v) is 10.3. The Labute approximate surface area is 107 Å². The number of hydrogen-bond acceptors (Lipinski definition) is 3. The summed E-state index contributed by atoms with van der Waals surface area (Å²) in [5.41, 5.74) is -0.163. The highest BCUT2D eigenvalue weighted by molar-refractivity contribution is 5.83. The van der Waals surface area contributed by atoms with Crippen molar-refractivity contribution in [3.05, 3.63) is 41.5 Å². The van der Waals surface area contributed by atoms with Gasteiger partial charge in [0.05, 0.1) is 0 Å². The molecule has 0 unspecified atom stereocenters. The van der Waals surface area contributed by atoms with E-state index in [1.54, 1.807) is 13.8 Å². The topological polar surface area (TPSA) is 68.0 Å². The molecule has 0 saturated heterocycles. The van der Waals surface area contributed by atoms with Crippen LogP contribution in [-0.4, -0.2) is 25.8 Å². The third-order valence-electron chi connectivity index (χ3n) is 2.48. The summed E-state index contributed by atoms with van der Waals surface area (Å²) in [4.78, 5) is 14.7. The van der Waals surface area contributed by atoms with Crippen molar-refractivity contribution in [3.8, 4) is 5.69 Å². The molecule has 0 aliphatic carbocycles. The molecule has 0 spiro atoms. The minimum atomic E-state index is -1.32. The molecule has 0 saturated carbocycles. The van der Waals surface area contributed by atoms with Crippen LogP contribution in [0.1, 0.15) is 36.2 Å². The van der Waals surface area contributed by atoms with Crippen LogP contribution < -0.4 is 0 Å². The number of carbonyl (C=O) groups is 1. The van der Waals surface area contributed by atoms with Crippen LogP contribution in [0.2, 0.25) is 0 Å². The quantitative estimate of drug-likeness (QED) is 0.927. The Balaban J connectivity index is 2.66. The fourth-order valence-electron chi connectivity index (χ4n) is 1.61. The molecule has 7 heteroatoms. The van der Waals surface area contributed by atoms with E-state index in [1.165, 1.54) is 0 Å². The van der Waals surface area contributed by atoms with Crippen LogP contribution in [0.4, 0.5) is 8.78 Å². The molecular formula is C12H11F2N3O2. The van der Waals surface area contributed by atoms with Crippen LogP contribution in [0.5, 0.6) is 0 Å². The van der Waals surface area contributed by atoms with E-state index in [0.29, 0.717) is 0 Å². The Bertz CT molecular complexity index is 638. The van der Waals surface area contributed by atoms with Crippen molar-refractivity contribution in [2.75, 3.05) is 0 Å². The number of aromatic nitrogens is 3. The number of benzene rings is 1. The number of rotatable bonds is 3. The first kappa shape index (κ1) is 13.1. The molecule has 2 rings (SSSR count). The highest BCUT2D eigenvalue weighted by Crippen LogP contribution is 2.20. The van der Waals surface area contributed by atoms with Crippen molar-refractivity contribution < 1.29 is 18.7 Å². The van der Waals surface area contributed by atoms with Gasteiger partial charge in [-0.1, -0.05) is 13.8 Å². The van der Waals surface area contributed by atoms with Gasteiger partial charge < -0.3 is 5.11 Å². The van der Waals surface area contributed by atoms with Gasteiger partial charge in [0, 0.05) is 12.0 Å². The third-order valence-corrected chi connectivity index (χ3v) is 2.48. The van der Waals surface area contributed by atoms with Gasteiger partial charge in [0.1, 0.15) is 23.1 Å². The Morgan fingerprint density at radius 3 is 2.63 bits per heavy atom. The number of nitrogens with zero attached hydrogens (tertiary/aromatic N) is 3. The molecule has 0 atom stereocenters. The second-order valence-electron chi connectivity index (χ2n) is 4.26. The third kappa shape index (κ3) is 2.44. The van der Waals surface area contributed by atoms with Crippen LogP contribution in [-0.2, 0) is 0 Å². The van der Waals surface area contributed by atoms with E-state index in [4.69, 9.17) is 5.11 Å². The molecule has 5 nitrogen and oxygen atoms in total. The zero-order chi connectivity index (χ0) is 14.2. The van der Waals surface area contributed by atoms with Crippen molar-refractivity contribution in [3.63, 3.8) is 0 Å². The minimum Gasteiger partial charge on any atom is -0.475 e. The first-order valence-corrected chi connectivity index (χ1v) is 5.56. The lowest BCUT2D eigenvalue weighted by molar-refractivity contribution is 0.0683. The lowest BCUT2D eigenvalue weighted by Gasteiger charge is -2.08. The molecule has 0 fully saturated rings. The molecule has 1 N–H and O–H groups in total. The lowest BCUT2D eigenvalue weighted by atomic mass is 10.2. The SMILES string of the molecule is CC(C)c1nc(C(=O)O)nn1-c1cc(F)ccc1F. The average molecular weight is 267 g/mol. The number of hydrogen-bond donors (Lipinski definition) is 1. The summed E-state index contributed by atoms with van der Waals surface area (Å²) in [6.07, 6.45) is 0. The fourth-order valence-corrected chi connectivity index (χ4v) is 1.61. The lowest BCUT2D eigenvalue weighted by Crippen LogP contribution is -2.07. The predicted molar refractivity (Wildman–Crippen MR) is 62.3 cm³/mol. The van der Waals surface area contributed by atoms with Crippen LogP contribution >= 0.6 is 0 Å². The second-order valence-corrected chi connectivity index (χ2v) is 4.26. The summed E-state index contributed by atoms with van der Waals surface area (Å²) in [5.74, 6) is -3.06. The van der Waals surface area contributed by atoms with E-state index < -0.39 is 23.4 Å². The summed E-state index contributed by atoms with van der Waals surface area (Å²) in [7, 11) is 0. The number of carboxylic acids is 1. The van der Waals surface area contributed by atoms with E-state index in [-0.39, 0.29) is 17.4 Å². The van der Waals surface area contributed by atoms with Gasteiger partial charge in [-0.05, 0) is 12.1 Å². The van der Waals surface area contributed by atoms with Crippen LogP contribution in [0.3, 0.4) is 0 Å². The van der Waals surface area contributed by atoms with Crippen molar-refractivity contribution in [1.82, 2.24) is 14.8 Å². The van der Waals surface area contributed by atoms with Gasteiger partial charge in [-0.2, -0.15) is 0 Å². The maximum Gasteiger partial charge on any atom is 0.375 e.